The molecule has 1 amide bonds. The van der Waals surface area contributed by atoms with Crippen molar-refractivity contribution in [1.82, 2.24) is 10.6 Å². The lowest BCUT2D eigenvalue weighted by atomic mass is 9.95. The van der Waals surface area contributed by atoms with Gasteiger partial charge < -0.3 is 10.6 Å². The van der Waals surface area contributed by atoms with Crippen LogP contribution in [0, 0.1) is 0 Å². The van der Waals surface area contributed by atoms with Crippen LogP contribution >= 0.6 is 35.3 Å². The molecule has 1 saturated heterocycles. The van der Waals surface area contributed by atoms with Gasteiger partial charge in [-0.2, -0.15) is 0 Å². The Kier molecular flexibility index (Phi) is 6.71. The monoisotopic (exact) mass is 386 g/mol. The van der Waals surface area contributed by atoms with Crippen molar-refractivity contribution in [3.8, 4) is 0 Å². The van der Waals surface area contributed by atoms with Crippen molar-refractivity contribution in [3.63, 3.8) is 0 Å². The van der Waals surface area contributed by atoms with Crippen LogP contribution < -0.4 is 10.6 Å². The number of rotatable bonds is 4. The van der Waals surface area contributed by atoms with Gasteiger partial charge in [-0.3, -0.25) is 4.79 Å². The second-order valence-electron chi connectivity index (χ2n) is 5.35. The fraction of sp³-hybridized carbons (Fsp3) is 0.615. The Morgan fingerprint density at radius 3 is 2.45 bits per heavy atom. The Balaban J connectivity index is 0.00000242. The van der Waals surface area contributed by atoms with Crippen LogP contribution in [0.5, 0.6) is 0 Å². The van der Waals surface area contributed by atoms with E-state index < -0.39 is 20.5 Å². The van der Waals surface area contributed by atoms with Crippen LogP contribution in [0.2, 0.25) is 4.34 Å². The fourth-order valence-corrected chi connectivity index (χ4v) is 4.96. The van der Waals surface area contributed by atoms with Crippen LogP contribution in [0.1, 0.15) is 30.7 Å². The number of carbonyl (C=O) groups is 1. The number of nitrogens with one attached hydrogen (secondary N) is 2. The summed E-state index contributed by atoms with van der Waals surface area (Å²) in [5.74, 6) is -0.413. The molecule has 0 bridgehead atoms. The third-order valence-corrected chi connectivity index (χ3v) is 7.33. The molecule has 1 atom stereocenters. The van der Waals surface area contributed by atoms with Gasteiger partial charge in [0.2, 0.25) is 5.91 Å². The smallest absolute Gasteiger partial charge is 0.242 e. The molecule has 0 aromatic carbocycles. The third-order valence-electron chi connectivity index (χ3n) is 3.90. The molecule has 1 fully saturated rings. The molecule has 1 aliphatic heterocycles. The lowest BCUT2D eigenvalue weighted by Gasteiger charge is -2.35. The quantitative estimate of drug-likeness (QED) is 0.831. The highest BCUT2D eigenvalue weighted by molar-refractivity contribution is 7.92. The van der Waals surface area contributed by atoms with Gasteiger partial charge >= 0.3 is 0 Å². The number of sulfone groups is 1. The molecule has 1 aliphatic rings. The fourth-order valence-electron chi connectivity index (χ4n) is 2.56. The number of thiophene rings is 1. The molecule has 0 spiro atoms. The second kappa shape index (κ2) is 7.49. The van der Waals surface area contributed by atoms with Crippen LogP contribution in [0.3, 0.4) is 0 Å². The van der Waals surface area contributed by atoms with Crippen molar-refractivity contribution in [2.75, 3.05) is 19.3 Å². The summed E-state index contributed by atoms with van der Waals surface area (Å²) < 4.78 is 23.6. The second-order valence-corrected chi connectivity index (χ2v) is 9.43. The summed E-state index contributed by atoms with van der Waals surface area (Å²) in [5, 5.41) is 5.93. The molecule has 1 aromatic rings. The minimum Gasteiger partial charge on any atom is -0.347 e. The van der Waals surface area contributed by atoms with Crippen LogP contribution in [-0.4, -0.2) is 38.4 Å². The van der Waals surface area contributed by atoms with Crippen molar-refractivity contribution < 1.29 is 13.2 Å². The van der Waals surface area contributed by atoms with E-state index in [4.69, 9.17) is 11.6 Å². The van der Waals surface area contributed by atoms with E-state index in [1.165, 1.54) is 11.3 Å². The molecule has 5 nitrogen and oxygen atoms in total. The van der Waals surface area contributed by atoms with Gasteiger partial charge in [0.05, 0.1) is 10.4 Å². The molecule has 22 heavy (non-hydrogen) atoms. The Morgan fingerprint density at radius 2 is 2.00 bits per heavy atom. The van der Waals surface area contributed by atoms with E-state index in [0.29, 0.717) is 30.3 Å². The summed E-state index contributed by atoms with van der Waals surface area (Å²) in [5.41, 5.74) is 0. The highest BCUT2D eigenvalue weighted by Crippen LogP contribution is 2.31. The molecular formula is C13H20Cl2N2O3S2. The predicted molar refractivity (Wildman–Crippen MR) is 92.8 cm³/mol. The van der Waals surface area contributed by atoms with E-state index in [1.54, 1.807) is 6.07 Å². The number of halogens is 2. The predicted octanol–water partition coefficient (Wildman–Crippen LogP) is 2.17. The van der Waals surface area contributed by atoms with Gasteiger partial charge in [-0.1, -0.05) is 11.6 Å². The highest BCUT2D eigenvalue weighted by atomic mass is 35.5. The normalized spacial score (nSPS) is 19.0. The lowest BCUT2D eigenvalue weighted by Crippen LogP contribution is -2.57. The Bertz CT molecular complexity index is 625. The maximum Gasteiger partial charge on any atom is 0.242 e. The summed E-state index contributed by atoms with van der Waals surface area (Å²) in [6, 6.07) is 3.35. The standard InChI is InChI=1S/C13H19ClN2O3S2.ClH/c1-9(10-3-4-11(14)20-10)16-12(17)13(21(2,18)19)5-7-15-8-6-13;/h3-4,9,15H,5-8H2,1-2H3,(H,16,17);1H. The van der Waals surface area contributed by atoms with E-state index in [9.17, 15) is 13.2 Å². The summed E-state index contributed by atoms with van der Waals surface area (Å²) in [7, 11) is -3.48. The molecule has 2 N–H and O–H groups in total. The molecule has 1 aromatic heterocycles. The van der Waals surface area contributed by atoms with Gasteiger partial charge in [0.15, 0.2) is 14.6 Å². The number of hydrogen-bond donors (Lipinski definition) is 2. The zero-order valence-electron chi connectivity index (χ0n) is 12.4. The van der Waals surface area contributed by atoms with Crippen molar-refractivity contribution in [3.05, 3.63) is 21.3 Å². The number of hydrogen-bond acceptors (Lipinski definition) is 5. The average Bonchev–Trinajstić information content (AvgIpc) is 2.85. The van der Waals surface area contributed by atoms with Gasteiger partial charge in [-0.15, -0.1) is 23.7 Å². The van der Waals surface area contributed by atoms with Crippen LogP contribution in [0.25, 0.3) is 0 Å². The van der Waals surface area contributed by atoms with Crippen molar-refractivity contribution in [2.24, 2.45) is 0 Å². The SMILES string of the molecule is CC(NC(=O)C1(S(C)(=O)=O)CCNCC1)c1ccc(Cl)s1.Cl. The molecule has 126 valence electrons. The first kappa shape index (κ1) is 19.7. The minimum absolute atomic E-state index is 0. The molecule has 0 aliphatic carbocycles. The Labute approximate surface area is 146 Å². The summed E-state index contributed by atoms with van der Waals surface area (Å²) >= 11 is 7.27. The zero-order valence-corrected chi connectivity index (χ0v) is 15.6. The molecule has 2 rings (SSSR count). The van der Waals surface area contributed by atoms with Crippen molar-refractivity contribution in [1.29, 1.82) is 0 Å². The summed E-state index contributed by atoms with van der Waals surface area (Å²) in [6.07, 6.45) is 1.75. The molecule has 9 heteroatoms. The molecule has 0 saturated carbocycles. The molecule has 0 radical (unpaired) electrons. The maximum atomic E-state index is 12.6. The van der Waals surface area contributed by atoms with E-state index in [1.807, 2.05) is 13.0 Å². The van der Waals surface area contributed by atoms with Crippen molar-refractivity contribution >= 4 is 51.1 Å². The minimum atomic E-state index is -3.48. The third kappa shape index (κ3) is 3.94. The van der Waals surface area contributed by atoms with E-state index in [-0.39, 0.29) is 18.4 Å². The molecule has 2 heterocycles. The first-order valence-corrected chi connectivity index (χ1v) is 9.81. The van der Waals surface area contributed by atoms with Gasteiger partial charge in [-0.25, -0.2) is 8.42 Å². The van der Waals surface area contributed by atoms with E-state index >= 15 is 0 Å². The van der Waals surface area contributed by atoms with Crippen molar-refractivity contribution in [2.45, 2.75) is 30.6 Å². The average molecular weight is 387 g/mol. The van der Waals surface area contributed by atoms with Gasteiger partial charge in [0, 0.05) is 11.1 Å². The van der Waals surface area contributed by atoms with Crippen LogP contribution in [-0.2, 0) is 14.6 Å². The van der Waals surface area contributed by atoms with E-state index in [0.717, 1.165) is 11.1 Å². The summed E-state index contributed by atoms with van der Waals surface area (Å²) in [4.78, 5) is 13.5. The van der Waals surface area contributed by atoms with Crippen LogP contribution in [0.15, 0.2) is 12.1 Å². The number of carbonyl (C=O) groups excluding carboxylic acids is 1. The number of amides is 1. The van der Waals surface area contributed by atoms with Gasteiger partial charge in [0.25, 0.3) is 0 Å². The first-order valence-electron chi connectivity index (χ1n) is 6.73. The summed E-state index contributed by atoms with van der Waals surface area (Å²) in [6.45, 7) is 2.89. The first-order chi connectivity index (χ1) is 9.76. The Hall–Kier alpha value is -0.340. The van der Waals surface area contributed by atoms with Crippen LogP contribution in [0.4, 0.5) is 0 Å². The largest absolute Gasteiger partial charge is 0.347 e. The maximum absolute atomic E-state index is 12.6. The topological polar surface area (TPSA) is 75.3 Å². The molecule has 1 unspecified atom stereocenters. The lowest BCUT2D eigenvalue weighted by molar-refractivity contribution is -0.125. The zero-order chi connectivity index (χ0) is 15.7. The van der Waals surface area contributed by atoms with Gasteiger partial charge in [0.1, 0.15) is 0 Å². The Morgan fingerprint density at radius 1 is 1.41 bits per heavy atom. The van der Waals surface area contributed by atoms with Gasteiger partial charge in [-0.05, 0) is 45.0 Å². The highest BCUT2D eigenvalue weighted by Gasteiger charge is 2.48. The molecular weight excluding hydrogens is 367 g/mol. The van der Waals surface area contributed by atoms with E-state index in [2.05, 4.69) is 10.6 Å². The number of piperidine rings is 1.